The Morgan fingerprint density at radius 1 is 1.06 bits per heavy atom. The van der Waals surface area contributed by atoms with Gasteiger partial charge in [0, 0.05) is 42.5 Å². The molecular formula is C45H64BrN7O10. The van der Waals surface area contributed by atoms with E-state index in [4.69, 9.17) is 38.3 Å². The molecule has 5 aliphatic heterocycles. The first kappa shape index (κ1) is 47.3. The molecular weight excluding hydrogens is 878 g/mol. The van der Waals surface area contributed by atoms with Crippen LogP contribution in [0.1, 0.15) is 80.3 Å². The molecule has 4 fully saturated rings. The number of esters is 1. The highest BCUT2D eigenvalue weighted by Gasteiger charge is 2.60. The number of halogens is 1. The summed E-state index contributed by atoms with van der Waals surface area (Å²) < 4.78 is 40.7. The summed E-state index contributed by atoms with van der Waals surface area (Å²) in [5.41, 5.74) is 0.262. The van der Waals surface area contributed by atoms with E-state index in [2.05, 4.69) is 49.9 Å². The van der Waals surface area contributed by atoms with E-state index >= 15 is 0 Å². The number of nitrogens with zero attached hydrogens (tertiary/aromatic N) is 7. The van der Waals surface area contributed by atoms with Crippen molar-refractivity contribution in [3.63, 3.8) is 0 Å². The maximum atomic E-state index is 14.6. The first-order chi connectivity index (χ1) is 29.9. The Hall–Kier alpha value is -3.65. The number of carbonyl (C=O) groups is 2. The normalized spacial score (nSPS) is 38.5. The molecule has 2 aromatic heterocycles. The summed E-state index contributed by atoms with van der Waals surface area (Å²) in [6, 6.07) is 4.83. The topological polar surface area (TPSA) is 189 Å². The zero-order valence-corrected chi connectivity index (χ0v) is 39.7. The number of hydrogen-bond acceptors (Lipinski definition) is 16. The van der Waals surface area contributed by atoms with Crippen molar-refractivity contribution in [1.29, 1.82) is 0 Å². The maximum Gasteiger partial charge on any atom is 0.410 e. The van der Waals surface area contributed by atoms with E-state index < -0.39 is 71.8 Å². The molecule has 346 valence electrons. The third kappa shape index (κ3) is 9.82. The van der Waals surface area contributed by atoms with Crippen LogP contribution in [-0.2, 0) is 44.7 Å². The molecule has 0 unspecified atom stereocenters. The minimum absolute atomic E-state index is 0.0108. The van der Waals surface area contributed by atoms with Crippen LogP contribution in [0.3, 0.4) is 0 Å². The van der Waals surface area contributed by atoms with Crippen molar-refractivity contribution >= 4 is 39.4 Å². The molecule has 0 spiro atoms. The molecule has 7 rings (SSSR count). The average molecular weight is 943 g/mol. The Morgan fingerprint density at radius 3 is 2.52 bits per heavy atom. The molecule has 0 aliphatic carbocycles. The minimum Gasteiger partial charge on any atom is -0.458 e. The fraction of sp³-hybridized carbons (Fsp3) is 0.711. The van der Waals surface area contributed by atoms with Gasteiger partial charge in [-0.3, -0.25) is 14.7 Å². The van der Waals surface area contributed by atoms with Crippen molar-refractivity contribution in [3.8, 4) is 11.5 Å². The van der Waals surface area contributed by atoms with Crippen LogP contribution in [-0.4, -0.2) is 154 Å². The van der Waals surface area contributed by atoms with Gasteiger partial charge in [-0.15, -0.1) is 0 Å². The molecule has 0 saturated carbocycles. The molecule has 63 heavy (non-hydrogen) atoms. The Kier molecular flexibility index (Phi) is 14.6. The number of fused-ring (bicyclic) bond motifs is 4. The highest BCUT2D eigenvalue weighted by molar-refractivity contribution is 9.10. The Morgan fingerprint density at radius 2 is 1.81 bits per heavy atom. The third-order valence-corrected chi connectivity index (χ3v) is 14.0. The minimum atomic E-state index is -1.15. The Balaban J connectivity index is 1.28. The molecule has 2 aromatic rings. The summed E-state index contributed by atoms with van der Waals surface area (Å²) in [6.45, 7) is 16.5. The zero-order chi connectivity index (χ0) is 45.4. The monoisotopic (exact) mass is 941 g/mol. The van der Waals surface area contributed by atoms with Gasteiger partial charge < -0.3 is 43.3 Å². The summed E-state index contributed by atoms with van der Waals surface area (Å²) in [6.07, 6.45) is -0.283. The van der Waals surface area contributed by atoms with Gasteiger partial charge in [-0.1, -0.05) is 38.9 Å². The van der Waals surface area contributed by atoms with Gasteiger partial charge in [0.1, 0.15) is 23.6 Å². The lowest BCUT2D eigenvalue weighted by molar-refractivity contribution is -0.302. The molecule has 7 heterocycles. The van der Waals surface area contributed by atoms with Gasteiger partial charge in [0.25, 0.3) is 0 Å². The number of hydrogen-bond donors (Lipinski definition) is 1. The second kappa shape index (κ2) is 19.4. The van der Waals surface area contributed by atoms with Gasteiger partial charge in [0.2, 0.25) is 0 Å². The van der Waals surface area contributed by atoms with Crippen LogP contribution in [0.2, 0.25) is 0 Å². The van der Waals surface area contributed by atoms with Crippen LogP contribution in [0, 0.1) is 23.7 Å². The van der Waals surface area contributed by atoms with Gasteiger partial charge in [-0.05, 0) is 95.0 Å². The van der Waals surface area contributed by atoms with Gasteiger partial charge in [0.05, 0.1) is 65.8 Å². The van der Waals surface area contributed by atoms with Crippen LogP contribution in [0.5, 0.6) is 0 Å². The fourth-order valence-corrected chi connectivity index (χ4v) is 10.7. The van der Waals surface area contributed by atoms with Gasteiger partial charge >= 0.3 is 12.1 Å². The quantitative estimate of drug-likeness (QED) is 0.260. The lowest BCUT2D eigenvalue weighted by atomic mass is 9.72. The van der Waals surface area contributed by atoms with Gasteiger partial charge in [-0.2, -0.15) is 0 Å². The second-order valence-electron chi connectivity index (χ2n) is 18.5. The standard InChI is InChI=1S/C45H64BrN7O10/c1-11-34-45(8)38-26(4)35(47-15-16-53(38)43(56)63-45)24(2)18-44(7)39(62-42-36(54)33(52(9)10)17-25(3)60-42)27(5)37(28(6)41(55)61-34)57-21-31(22-58-44)51-59-23-30-13-12-14-32(50-30)40-48-19-29(46)20-49-40/h12-14,19-20,24-28,33-34,36-39,42,54H,11,15-18,21-23H2,1-10H3/b51-31+/t24-,25+,26+,27+,28-,33-,34-,36+,37+,38-,39-,42-,44-,45-/m1/s1. The van der Waals surface area contributed by atoms with E-state index in [1.165, 1.54) is 0 Å². The summed E-state index contributed by atoms with van der Waals surface area (Å²) in [4.78, 5) is 56.4. The highest BCUT2D eigenvalue weighted by atomic mass is 79.9. The zero-order valence-electron chi connectivity index (χ0n) is 38.1. The molecule has 0 radical (unpaired) electrons. The van der Waals surface area contributed by atoms with E-state index in [-0.39, 0.29) is 43.8 Å². The molecule has 1 N–H and O–H groups in total. The van der Waals surface area contributed by atoms with E-state index in [1.807, 2.05) is 71.8 Å². The Labute approximate surface area is 378 Å². The molecule has 5 aliphatic rings. The van der Waals surface area contributed by atoms with Crippen molar-refractivity contribution in [2.45, 2.75) is 141 Å². The van der Waals surface area contributed by atoms with Crippen LogP contribution >= 0.6 is 15.9 Å². The first-order valence-corrected chi connectivity index (χ1v) is 23.0. The highest BCUT2D eigenvalue weighted by Crippen LogP contribution is 2.45. The average Bonchev–Trinajstić information content (AvgIpc) is 3.39. The number of oxime groups is 1. The predicted molar refractivity (Wildman–Crippen MR) is 236 cm³/mol. The first-order valence-electron chi connectivity index (χ1n) is 22.2. The maximum absolute atomic E-state index is 14.6. The number of aliphatic imine (C=N–C) groups is 1. The number of ether oxygens (including phenoxy) is 6. The number of aliphatic hydroxyl groups excluding tert-OH is 1. The second-order valence-corrected chi connectivity index (χ2v) is 19.5. The number of rotatable bonds is 8. The number of aromatic nitrogens is 3. The molecule has 17 nitrogen and oxygen atoms in total. The van der Waals surface area contributed by atoms with Crippen LogP contribution in [0.25, 0.3) is 11.5 Å². The van der Waals surface area contributed by atoms with E-state index in [0.717, 1.165) is 10.2 Å². The number of cyclic esters (lactones) is 1. The number of carbonyl (C=O) groups excluding carboxylic acids is 2. The van der Waals surface area contributed by atoms with E-state index in [0.29, 0.717) is 55.3 Å². The fourth-order valence-electron chi connectivity index (χ4n) is 10.5. The van der Waals surface area contributed by atoms with Crippen LogP contribution in [0.4, 0.5) is 4.79 Å². The van der Waals surface area contributed by atoms with E-state index in [9.17, 15) is 14.7 Å². The van der Waals surface area contributed by atoms with Crippen molar-refractivity contribution in [1.82, 2.24) is 24.8 Å². The van der Waals surface area contributed by atoms with Crippen molar-refractivity contribution in [3.05, 3.63) is 40.8 Å². The number of pyridine rings is 1. The molecule has 1 amide bonds. The Bertz CT molecular complexity index is 2010. The lowest BCUT2D eigenvalue weighted by Gasteiger charge is -2.48. The van der Waals surface area contributed by atoms with Crippen LogP contribution in [0.15, 0.2) is 45.2 Å². The number of likely N-dealkylation sites (N-methyl/N-ethyl adjacent to an activating group) is 1. The number of aliphatic hydroxyl groups is 1. The van der Waals surface area contributed by atoms with Crippen molar-refractivity contribution in [2.75, 3.05) is 40.4 Å². The van der Waals surface area contributed by atoms with Crippen LogP contribution < -0.4 is 0 Å². The third-order valence-electron chi connectivity index (χ3n) is 13.6. The smallest absolute Gasteiger partial charge is 0.410 e. The molecule has 4 bridgehead atoms. The summed E-state index contributed by atoms with van der Waals surface area (Å²) >= 11 is 3.37. The SMILES string of the molecule is CC[C@H]1OC(=O)[C@H](C)[C@H]2OC/C(=N\OCc3cccc(-c4ncc(Br)cn4)n3)CO[C@](C)(C[C@@H](C)C3=NCCN4C(=O)O[C@@]1(C)[C@H]4[C@H]3C)[C@H](O[C@H]1O[C@@H](C)C[C@@H](N(C)C)[C@@H]1O)[C@H]2C. The lowest BCUT2D eigenvalue weighted by Crippen LogP contribution is -2.60. The number of amides is 1. The summed E-state index contributed by atoms with van der Waals surface area (Å²) in [5.74, 6) is -1.88. The molecule has 14 atom stereocenters. The molecule has 18 heteroatoms. The van der Waals surface area contributed by atoms with Gasteiger partial charge in [-0.25, -0.2) is 19.7 Å². The largest absolute Gasteiger partial charge is 0.458 e. The molecule has 0 aromatic carbocycles. The summed E-state index contributed by atoms with van der Waals surface area (Å²) in [7, 11) is 3.86. The predicted octanol–water partition coefficient (Wildman–Crippen LogP) is 5.46. The molecule has 4 saturated heterocycles. The summed E-state index contributed by atoms with van der Waals surface area (Å²) in [5, 5.41) is 16.4. The van der Waals surface area contributed by atoms with Gasteiger partial charge in [0.15, 0.2) is 24.3 Å². The van der Waals surface area contributed by atoms with E-state index in [1.54, 1.807) is 24.2 Å². The van der Waals surface area contributed by atoms with Crippen molar-refractivity contribution < 1.29 is 48.0 Å². The van der Waals surface area contributed by atoms with Crippen molar-refractivity contribution in [2.24, 2.45) is 33.8 Å².